The Morgan fingerprint density at radius 3 is 2.77 bits per heavy atom. The molecule has 2 fully saturated rings. The maximum Gasteiger partial charge on any atom is 0.252 e. The van der Waals surface area contributed by atoms with Crippen molar-refractivity contribution in [3.63, 3.8) is 0 Å². The van der Waals surface area contributed by atoms with Crippen LogP contribution in [0.15, 0.2) is 43.1 Å². The monoisotopic (exact) mass is 423 g/mol. The van der Waals surface area contributed by atoms with E-state index in [-0.39, 0.29) is 30.3 Å². The third-order valence-electron chi connectivity index (χ3n) is 6.41. The topological polar surface area (TPSA) is 86.0 Å². The van der Waals surface area contributed by atoms with Gasteiger partial charge in [0.25, 0.3) is 5.88 Å². The first-order chi connectivity index (χ1) is 14.8. The standard InChI is InChI=1S/C21H20BF2N5O2/c1-20-8-16(23)21(22,10-20)7-15(18(20)24)31-17-9-26-19(28-27-17)13-3-2-12(6-14(13)30)29-5-4-25-11-29/h2-6,9,11,15-16,18,30H,7-8,10H2,1H3/t15-,16-,18+,20-,21+/m1/s1. The van der Waals surface area contributed by atoms with E-state index in [0.29, 0.717) is 12.0 Å². The van der Waals surface area contributed by atoms with Crippen molar-refractivity contribution in [2.45, 2.75) is 49.9 Å². The number of nitrogens with zero attached hydrogens (tertiary/aromatic N) is 5. The van der Waals surface area contributed by atoms with Crippen LogP contribution in [0.3, 0.4) is 0 Å². The fraction of sp³-hybridized carbons (Fsp3) is 0.429. The van der Waals surface area contributed by atoms with Crippen LogP contribution < -0.4 is 4.74 Å². The Morgan fingerprint density at radius 2 is 2.10 bits per heavy atom. The molecule has 2 aliphatic rings. The fourth-order valence-electron chi connectivity index (χ4n) is 4.86. The van der Waals surface area contributed by atoms with Gasteiger partial charge in [-0.1, -0.05) is 6.92 Å². The van der Waals surface area contributed by atoms with E-state index >= 15 is 4.39 Å². The molecule has 0 amide bonds. The van der Waals surface area contributed by atoms with Crippen LogP contribution in [0.25, 0.3) is 17.1 Å². The van der Waals surface area contributed by atoms with Crippen LogP contribution in [0.4, 0.5) is 8.78 Å². The molecular weight excluding hydrogens is 403 g/mol. The number of imidazole rings is 1. The summed E-state index contributed by atoms with van der Waals surface area (Å²) in [5, 5.41) is 17.3. The van der Waals surface area contributed by atoms with Gasteiger partial charge in [-0.05, 0) is 36.7 Å². The summed E-state index contributed by atoms with van der Waals surface area (Å²) in [5.74, 6) is 0.185. The molecule has 7 nitrogen and oxygen atoms in total. The van der Waals surface area contributed by atoms with E-state index in [1.807, 2.05) is 0 Å². The van der Waals surface area contributed by atoms with Crippen LogP contribution >= 0.6 is 0 Å². The van der Waals surface area contributed by atoms with Crippen LogP contribution in [-0.4, -0.2) is 56.1 Å². The molecule has 2 bridgehead atoms. The molecule has 1 aromatic carbocycles. The number of alkyl halides is 2. The lowest BCUT2D eigenvalue weighted by Crippen LogP contribution is -2.46. The maximum absolute atomic E-state index is 15.0. The van der Waals surface area contributed by atoms with E-state index in [1.165, 1.54) is 6.20 Å². The highest BCUT2D eigenvalue weighted by molar-refractivity contribution is 6.16. The quantitative estimate of drug-likeness (QED) is 0.648. The second-order valence-electron chi connectivity index (χ2n) is 8.79. The van der Waals surface area contributed by atoms with E-state index in [9.17, 15) is 9.50 Å². The summed E-state index contributed by atoms with van der Waals surface area (Å²) in [5.41, 5.74) is 0.249. The van der Waals surface area contributed by atoms with E-state index in [0.717, 1.165) is 5.69 Å². The molecular formula is C21H20BF2N5O2. The molecule has 10 heteroatoms. The molecule has 5 rings (SSSR count). The minimum absolute atomic E-state index is 0.0230. The predicted molar refractivity (Wildman–Crippen MR) is 109 cm³/mol. The minimum Gasteiger partial charge on any atom is -0.507 e. The number of phenolic OH excluding ortho intramolecular Hbond substituents is 1. The molecule has 2 heterocycles. The van der Waals surface area contributed by atoms with Crippen molar-refractivity contribution in [2.75, 3.05) is 0 Å². The number of aromatic nitrogens is 5. The lowest BCUT2D eigenvalue weighted by Gasteiger charge is -2.42. The highest BCUT2D eigenvalue weighted by atomic mass is 19.1. The van der Waals surface area contributed by atoms with Gasteiger partial charge in [-0.3, -0.25) is 0 Å². The van der Waals surface area contributed by atoms with Gasteiger partial charge in [0, 0.05) is 23.9 Å². The summed E-state index contributed by atoms with van der Waals surface area (Å²) in [6.45, 7) is 1.71. The molecule has 31 heavy (non-hydrogen) atoms. The summed E-state index contributed by atoms with van der Waals surface area (Å²) in [6, 6.07) is 5.01. The van der Waals surface area contributed by atoms with Crippen LogP contribution in [0.1, 0.15) is 26.2 Å². The zero-order chi connectivity index (χ0) is 21.8. The van der Waals surface area contributed by atoms with Crippen molar-refractivity contribution < 1.29 is 18.6 Å². The second-order valence-corrected chi connectivity index (χ2v) is 8.79. The van der Waals surface area contributed by atoms with E-state index in [2.05, 4.69) is 20.2 Å². The summed E-state index contributed by atoms with van der Waals surface area (Å²) in [6.07, 6.45) is 3.21. The van der Waals surface area contributed by atoms with Gasteiger partial charge in [-0.25, -0.2) is 18.7 Å². The van der Waals surface area contributed by atoms with Crippen LogP contribution in [0, 0.1) is 5.41 Å². The summed E-state index contributed by atoms with van der Waals surface area (Å²) in [4.78, 5) is 8.17. The van der Waals surface area contributed by atoms with Crippen LogP contribution in [0.2, 0.25) is 5.31 Å². The Morgan fingerprint density at radius 1 is 1.26 bits per heavy atom. The van der Waals surface area contributed by atoms with Crippen molar-refractivity contribution in [3.05, 3.63) is 43.1 Å². The summed E-state index contributed by atoms with van der Waals surface area (Å²) >= 11 is 0. The van der Waals surface area contributed by atoms with Crippen LogP contribution in [0.5, 0.6) is 11.6 Å². The van der Waals surface area contributed by atoms with Crippen molar-refractivity contribution >= 4 is 7.85 Å². The highest BCUT2D eigenvalue weighted by Gasteiger charge is 2.61. The van der Waals surface area contributed by atoms with Gasteiger partial charge in [0.05, 0.1) is 37.8 Å². The van der Waals surface area contributed by atoms with Crippen molar-refractivity contribution in [2.24, 2.45) is 5.41 Å². The number of aromatic hydroxyl groups is 1. The summed E-state index contributed by atoms with van der Waals surface area (Å²) < 4.78 is 36.9. The molecule has 0 saturated heterocycles. The third kappa shape index (κ3) is 3.34. The lowest BCUT2D eigenvalue weighted by molar-refractivity contribution is -0.0194. The third-order valence-corrected chi connectivity index (χ3v) is 6.41. The van der Waals surface area contributed by atoms with Crippen molar-refractivity contribution in [1.82, 2.24) is 24.7 Å². The molecule has 2 radical (unpaired) electrons. The molecule has 2 saturated carbocycles. The van der Waals surface area contributed by atoms with E-state index in [1.54, 1.807) is 48.4 Å². The maximum atomic E-state index is 15.0. The number of hydrogen-bond acceptors (Lipinski definition) is 6. The van der Waals surface area contributed by atoms with Crippen LogP contribution in [-0.2, 0) is 0 Å². The van der Waals surface area contributed by atoms with Crippen molar-refractivity contribution in [1.29, 1.82) is 0 Å². The first-order valence-corrected chi connectivity index (χ1v) is 10.0. The SMILES string of the molecule is [B][C@]12C[C@@H](Oc3cnc(-c4ccc(-n5ccnc5)cc4O)nn3)[C@H](F)[C@](C)(C[C@H]1F)C2. The first-order valence-electron chi connectivity index (χ1n) is 10.0. The Kier molecular flexibility index (Phi) is 4.49. The Balaban J connectivity index is 1.34. The Labute approximate surface area is 178 Å². The lowest BCUT2D eigenvalue weighted by atomic mass is 9.57. The molecule has 2 aliphatic carbocycles. The minimum atomic E-state index is -1.37. The predicted octanol–water partition coefficient (Wildman–Crippen LogP) is 3.38. The first kappa shape index (κ1) is 19.9. The smallest absolute Gasteiger partial charge is 0.252 e. The van der Waals surface area contributed by atoms with Gasteiger partial charge in [0.2, 0.25) is 0 Å². The fourth-order valence-corrected chi connectivity index (χ4v) is 4.86. The van der Waals surface area contributed by atoms with E-state index in [4.69, 9.17) is 12.6 Å². The van der Waals surface area contributed by atoms with Gasteiger partial charge >= 0.3 is 0 Å². The Hall–Kier alpha value is -3.04. The molecule has 0 spiro atoms. The molecule has 5 atom stereocenters. The molecule has 2 aromatic heterocycles. The van der Waals surface area contributed by atoms with Gasteiger partial charge in [0.1, 0.15) is 18.0 Å². The molecule has 0 aliphatic heterocycles. The van der Waals surface area contributed by atoms with E-state index < -0.39 is 29.2 Å². The number of halogens is 2. The van der Waals surface area contributed by atoms with Crippen molar-refractivity contribution in [3.8, 4) is 28.7 Å². The van der Waals surface area contributed by atoms with Gasteiger partial charge in [0.15, 0.2) is 5.82 Å². The zero-order valence-electron chi connectivity index (χ0n) is 16.8. The molecule has 158 valence electrons. The number of ether oxygens (including phenoxy) is 1. The van der Waals surface area contributed by atoms with Gasteiger partial charge in [-0.15, -0.1) is 10.2 Å². The number of phenols is 1. The largest absolute Gasteiger partial charge is 0.507 e. The zero-order valence-corrected chi connectivity index (χ0v) is 16.8. The second kappa shape index (κ2) is 7.00. The van der Waals surface area contributed by atoms with Gasteiger partial charge < -0.3 is 14.4 Å². The number of fused-ring (bicyclic) bond motifs is 2. The summed E-state index contributed by atoms with van der Waals surface area (Å²) in [7, 11) is 6.19. The number of benzene rings is 1. The molecule has 0 unspecified atom stereocenters. The number of hydrogen-bond donors (Lipinski definition) is 1. The molecule has 3 aromatic rings. The normalized spacial score (nSPS) is 32.2. The van der Waals surface area contributed by atoms with Gasteiger partial charge in [-0.2, -0.15) is 0 Å². The molecule has 1 N–H and O–H groups in total. The highest BCUT2D eigenvalue weighted by Crippen LogP contribution is 2.63. The average molecular weight is 423 g/mol. The number of rotatable bonds is 4. The average Bonchev–Trinajstić information content (AvgIpc) is 3.33. The Bertz CT molecular complexity index is 1100.